The van der Waals surface area contributed by atoms with Gasteiger partial charge in [-0.1, -0.05) is 13.8 Å². The number of piperidine rings is 1. The highest BCUT2D eigenvalue weighted by atomic mass is 16.5. The van der Waals surface area contributed by atoms with Gasteiger partial charge in [0.1, 0.15) is 11.6 Å². The Bertz CT molecular complexity index is 953. The number of aliphatic imine (C=N–C) groups is 1. The van der Waals surface area contributed by atoms with Crippen LogP contribution < -0.4 is 15.8 Å². The van der Waals surface area contributed by atoms with Crippen LogP contribution in [0.1, 0.15) is 68.3 Å². The molecule has 2 saturated heterocycles. The highest BCUT2D eigenvalue weighted by Gasteiger charge is 2.23. The van der Waals surface area contributed by atoms with Gasteiger partial charge < -0.3 is 25.6 Å². The number of nitrogens with two attached hydrogens (primary N) is 1. The molecule has 1 aromatic carbocycles. The molecule has 36 heavy (non-hydrogen) atoms. The molecule has 198 valence electrons. The molecule has 2 aliphatic heterocycles. The average Bonchev–Trinajstić information content (AvgIpc) is 3.26. The van der Waals surface area contributed by atoms with Crippen molar-refractivity contribution in [1.82, 2.24) is 15.1 Å². The third-order valence-electron chi connectivity index (χ3n) is 7.01. The molecule has 4 amide bonds. The van der Waals surface area contributed by atoms with E-state index in [-0.39, 0.29) is 23.8 Å². The molecule has 3 rings (SSSR count). The first-order chi connectivity index (χ1) is 17.2. The number of aryl methyl sites for hydroxylation is 1. The van der Waals surface area contributed by atoms with Crippen molar-refractivity contribution in [1.29, 1.82) is 0 Å². The molecule has 1 aromatic rings. The standard InChI is InChI=1S/C27H41N5O4/c1-19(2)25(28)30-27(35)32-14-10-21(11-15-32)6-5-17-36-22-8-9-23(20(3)18-22)26(34)29-12-16-31-13-4-7-24(31)33/h8-9,18-19,21H,4-7,10-17H2,1-3H3,(H,29,34)(H2,28,30,35). The molecule has 9 nitrogen and oxygen atoms in total. The SMILES string of the molecule is Cc1cc(OCCCC2CCN(C(=O)N=C(N)C(C)C)CC2)ccc1C(=O)NCCN1CCCC1=O. The number of hydrogen-bond donors (Lipinski definition) is 2. The molecule has 9 heteroatoms. The lowest BCUT2D eigenvalue weighted by Crippen LogP contribution is -2.38. The van der Waals surface area contributed by atoms with Crippen LogP contribution >= 0.6 is 0 Å². The third-order valence-corrected chi connectivity index (χ3v) is 7.01. The van der Waals surface area contributed by atoms with Gasteiger partial charge in [-0.05, 0) is 68.7 Å². The van der Waals surface area contributed by atoms with Crippen molar-refractivity contribution in [2.45, 2.75) is 59.3 Å². The van der Waals surface area contributed by atoms with Gasteiger partial charge in [0.05, 0.1) is 6.61 Å². The fraction of sp³-hybridized carbons (Fsp3) is 0.630. The van der Waals surface area contributed by atoms with Gasteiger partial charge in [0.2, 0.25) is 5.91 Å². The van der Waals surface area contributed by atoms with Crippen molar-refractivity contribution in [3.05, 3.63) is 29.3 Å². The molecule has 0 spiro atoms. The second kappa shape index (κ2) is 13.3. The lowest BCUT2D eigenvalue weighted by atomic mass is 9.92. The molecule has 0 saturated carbocycles. The van der Waals surface area contributed by atoms with Gasteiger partial charge in [0, 0.05) is 50.6 Å². The minimum atomic E-state index is -0.225. The molecular formula is C27H41N5O4. The minimum absolute atomic E-state index is 0.0707. The Hall–Kier alpha value is -3.10. The molecule has 0 aliphatic carbocycles. The van der Waals surface area contributed by atoms with E-state index in [4.69, 9.17) is 10.5 Å². The normalized spacial score (nSPS) is 17.1. The summed E-state index contributed by atoms with van der Waals surface area (Å²) in [6, 6.07) is 5.30. The van der Waals surface area contributed by atoms with Crippen molar-refractivity contribution >= 4 is 23.7 Å². The number of amidine groups is 1. The summed E-state index contributed by atoms with van der Waals surface area (Å²) < 4.78 is 5.93. The Morgan fingerprint density at radius 2 is 1.97 bits per heavy atom. The van der Waals surface area contributed by atoms with E-state index in [1.54, 1.807) is 15.9 Å². The summed E-state index contributed by atoms with van der Waals surface area (Å²) in [5.41, 5.74) is 7.30. The number of rotatable bonds is 10. The van der Waals surface area contributed by atoms with Crippen molar-refractivity contribution in [3.8, 4) is 5.75 Å². The number of hydrogen-bond acceptors (Lipinski definition) is 4. The van der Waals surface area contributed by atoms with Crippen LogP contribution in [0, 0.1) is 18.8 Å². The van der Waals surface area contributed by atoms with Gasteiger partial charge in [-0.2, -0.15) is 4.99 Å². The van der Waals surface area contributed by atoms with E-state index in [1.165, 1.54) is 0 Å². The molecule has 0 aromatic heterocycles. The highest BCUT2D eigenvalue weighted by molar-refractivity contribution is 5.96. The molecule has 3 N–H and O–H groups in total. The molecule has 2 aliphatic rings. The molecule has 2 fully saturated rings. The summed E-state index contributed by atoms with van der Waals surface area (Å²) in [4.78, 5) is 44.0. The third kappa shape index (κ3) is 7.96. The average molecular weight is 500 g/mol. The van der Waals surface area contributed by atoms with Gasteiger partial charge >= 0.3 is 6.03 Å². The first-order valence-corrected chi connectivity index (χ1v) is 13.2. The van der Waals surface area contributed by atoms with Gasteiger partial charge in [-0.15, -0.1) is 0 Å². The Labute approximate surface area is 214 Å². The highest BCUT2D eigenvalue weighted by Crippen LogP contribution is 2.23. The molecule has 0 radical (unpaired) electrons. The lowest BCUT2D eigenvalue weighted by Gasteiger charge is -2.30. The molecule has 2 heterocycles. The predicted octanol–water partition coefficient (Wildman–Crippen LogP) is 3.35. The molecular weight excluding hydrogens is 458 g/mol. The largest absolute Gasteiger partial charge is 0.494 e. The second-order valence-electron chi connectivity index (χ2n) is 10.1. The van der Waals surface area contributed by atoms with E-state index in [2.05, 4.69) is 10.3 Å². The number of benzene rings is 1. The first kappa shape index (κ1) is 27.5. The van der Waals surface area contributed by atoms with Gasteiger partial charge in [0.15, 0.2) is 0 Å². The predicted molar refractivity (Wildman–Crippen MR) is 140 cm³/mol. The van der Waals surface area contributed by atoms with Crippen LogP contribution in [0.2, 0.25) is 0 Å². The number of likely N-dealkylation sites (tertiary alicyclic amines) is 2. The zero-order valence-corrected chi connectivity index (χ0v) is 21.9. The molecule has 0 bridgehead atoms. The maximum absolute atomic E-state index is 12.5. The van der Waals surface area contributed by atoms with Crippen LogP contribution in [-0.2, 0) is 4.79 Å². The number of amides is 4. The van der Waals surface area contributed by atoms with Crippen molar-refractivity contribution in [2.75, 3.05) is 39.3 Å². The fourth-order valence-electron chi connectivity index (χ4n) is 4.61. The number of carbonyl (C=O) groups excluding carboxylic acids is 3. The van der Waals surface area contributed by atoms with Crippen LogP contribution in [0.25, 0.3) is 0 Å². The number of carbonyl (C=O) groups is 3. The topological polar surface area (TPSA) is 117 Å². The van der Waals surface area contributed by atoms with Crippen molar-refractivity contribution < 1.29 is 19.1 Å². The van der Waals surface area contributed by atoms with Crippen molar-refractivity contribution in [3.63, 3.8) is 0 Å². The summed E-state index contributed by atoms with van der Waals surface area (Å²) in [7, 11) is 0. The maximum atomic E-state index is 12.5. The zero-order valence-electron chi connectivity index (χ0n) is 21.9. The first-order valence-electron chi connectivity index (χ1n) is 13.2. The Kier molecular flexibility index (Phi) is 10.1. The van der Waals surface area contributed by atoms with Crippen LogP contribution in [-0.4, -0.2) is 72.8 Å². The Balaban J connectivity index is 1.33. The van der Waals surface area contributed by atoms with E-state index in [0.717, 1.165) is 63.1 Å². The van der Waals surface area contributed by atoms with Crippen LogP contribution in [0.15, 0.2) is 23.2 Å². The van der Waals surface area contributed by atoms with E-state index >= 15 is 0 Å². The molecule has 0 atom stereocenters. The Morgan fingerprint density at radius 1 is 1.22 bits per heavy atom. The summed E-state index contributed by atoms with van der Waals surface area (Å²) in [5, 5.41) is 2.91. The minimum Gasteiger partial charge on any atom is -0.494 e. The number of nitrogens with zero attached hydrogens (tertiary/aromatic N) is 3. The monoisotopic (exact) mass is 499 g/mol. The van der Waals surface area contributed by atoms with Crippen LogP contribution in [0.5, 0.6) is 5.75 Å². The van der Waals surface area contributed by atoms with Gasteiger partial charge in [-0.3, -0.25) is 9.59 Å². The van der Waals surface area contributed by atoms with E-state index in [0.29, 0.717) is 43.4 Å². The Morgan fingerprint density at radius 3 is 2.61 bits per heavy atom. The van der Waals surface area contributed by atoms with E-state index in [1.807, 2.05) is 32.9 Å². The van der Waals surface area contributed by atoms with Gasteiger partial charge in [0.25, 0.3) is 5.91 Å². The quantitative estimate of drug-likeness (QED) is 0.291. The maximum Gasteiger partial charge on any atom is 0.345 e. The van der Waals surface area contributed by atoms with Gasteiger partial charge in [-0.25, -0.2) is 4.79 Å². The zero-order chi connectivity index (χ0) is 26.1. The smallest absolute Gasteiger partial charge is 0.345 e. The molecule has 0 unspecified atom stereocenters. The lowest BCUT2D eigenvalue weighted by molar-refractivity contribution is -0.127. The van der Waals surface area contributed by atoms with Crippen LogP contribution in [0.3, 0.4) is 0 Å². The van der Waals surface area contributed by atoms with Crippen molar-refractivity contribution in [2.24, 2.45) is 22.6 Å². The fourth-order valence-corrected chi connectivity index (χ4v) is 4.61. The summed E-state index contributed by atoms with van der Waals surface area (Å²) in [5.74, 6) is 1.83. The number of urea groups is 1. The number of ether oxygens (including phenoxy) is 1. The summed E-state index contributed by atoms with van der Waals surface area (Å²) in [6.45, 7) is 9.59. The summed E-state index contributed by atoms with van der Waals surface area (Å²) in [6.07, 6.45) is 5.44. The van der Waals surface area contributed by atoms with E-state index in [9.17, 15) is 14.4 Å². The number of nitrogens with one attached hydrogen (secondary N) is 1. The van der Waals surface area contributed by atoms with E-state index < -0.39 is 0 Å². The van der Waals surface area contributed by atoms with Crippen LogP contribution in [0.4, 0.5) is 4.79 Å². The summed E-state index contributed by atoms with van der Waals surface area (Å²) >= 11 is 0. The second-order valence-corrected chi connectivity index (χ2v) is 10.1.